The number of rotatable bonds is 5. The van der Waals surface area contributed by atoms with E-state index in [1.54, 1.807) is 16.9 Å². The Morgan fingerprint density at radius 2 is 1.69 bits per heavy atom. The van der Waals surface area contributed by atoms with E-state index in [0.29, 0.717) is 6.20 Å². The lowest BCUT2D eigenvalue weighted by Crippen LogP contribution is -2.54. The Hall–Kier alpha value is -4.58. The zero-order valence-electron chi connectivity index (χ0n) is 23.3. The van der Waals surface area contributed by atoms with Crippen molar-refractivity contribution in [2.45, 2.75) is 44.1 Å². The minimum Gasteiger partial charge on any atom is -0.434 e. The third kappa shape index (κ3) is 6.90. The summed E-state index contributed by atoms with van der Waals surface area (Å²) in [4.78, 5) is 40.8. The van der Waals surface area contributed by atoms with Gasteiger partial charge in [0.1, 0.15) is 17.3 Å². The number of carbonyl (C=O) groups is 1. The molecule has 1 amide bonds. The van der Waals surface area contributed by atoms with Crippen LogP contribution >= 0.6 is 0 Å². The number of pyridine rings is 1. The van der Waals surface area contributed by atoms with E-state index < -0.39 is 78.5 Å². The first-order chi connectivity index (χ1) is 21.0. The van der Waals surface area contributed by atoms with Crippen molar-refractivity contribution in [2.24, 2.45) is 0 Å². The van der Waals surface area contributed by atoms with Crippen molar-refractivity contribution in [3.63, 3.8) is 0 Å². The third-order valence-electron chi connectivity index (χ3n) is 7.33. The first kappa shape index (κ1) is 31.8. The van der Waals surface area contributed by atoms with E-state index in [9.17, 15) is 44.7 Å². The number of H-pyrrole nitrogens is 1. The molecule has 242 valence electrons. The molecule has 0 bridgehead atoms. The molecule has 0 unspecified atom stereocenters. The largest absolute Gasteiger partial charge is 0.434 e. The normalized spacial score (nSPS) is 19.0. The first-order valence-corrected chi connectivity index (χ1v) is 13.4. The van der Waals surface area contributed by atoms with Crippen molar-refractivity contribution in [3.05, 3.63) is 58.0 Å². The summed E-state index contributed by atoms with van der Waals surface area (Å²) >= 11 is 0. The lowest BCUT2D eigenvalue weighted by atomic mass is 10.1. The topological polar surface area (TPSA) is 120 Å². The number of nitrogens with one attached hydrogen (secondary N) is 1. The number of alkyl halides is 8. The van der Waals surface area contributed by atoms with Crippen LogP contribution in [0.4, 0.5) is 46.6 Å². The Morgan fingerprint density at radius 1 is 0.978 bits per heavy atom. The van der Waals surface area contributed by atoms with Gasteiger partial charge in [0.15, 0.2) is 11.3 Å². The van der Waals surface area contributed by atoms with Crippen molar-refractivity contribution in [3.8, 4) is 11.6 Å². The fourth-order valence-corrected chi connectivity index (χ4v) is 5.09. The summed E-state index contributed by atoms with van der Waals surface area (Å²) < 4.78 is 113. The Labute approximate surface area is 248 Å². The second-order valence-corrected chi connectivity index (χ2v) is 10.5. The first-order valence-electron chi connectivity index (χ1n) is 13.4. The number of halogens is 8. The molecule has 5 rings (SSSR count). The van der Waals surface area contributed by atoms with E-state index in [4.69, 9.17) is 4.74 Å². The van der Waals surface area contributed by atoms with Gasteiger partial charge in [-0.15, -0.1) is 5.10 Å². The lowest BCUT2D eigenvalue weighted by Gasteiger charge is -2.40. The number of piperazine rings is 1. The van der Waals surface area contributed by atoms with Crippen molar-refractivity contribution >= 4 is 17.4 Å². The number of hydrogen-bond donors (Lipinski definition) is 1. The standard InChI is InChI=1S/C26H24F8N8O3/c1-14-13-41(6-7-42(14)18-12-36-17(11-37-18)25(29,30)31)23(44)15-8-16(10-35-9-15)45-22-20(40-4-2-24(27,28)3-5-40)19(26(32,33)34)21(43)38-39-22/h8-12,14H,2-7,13H2,1H3,(H,38,43)/t14-/m1/s1. The van der Waals surface area contributed by atoms with Crippen molar-refractivity contribution in [1.82, 2.24) is 30.0 Å². The van der Waals surface area contributed by atoms with Gasteiger partial charge in [-0.2, -0.15) is 26.3 Å². The van der Waals surface area contributed by atoms with E-state index in [-0.39, 0.29) is 42.8 Å². The van der Waals surface area contributed by atoms with Crippen molar-refractivity contribution in [1.29, 1.82) is 0 Å². The lowest BCUT2D eigenvalue weighted by molar-refractivity contribution is -0.141. The minimum absolute atomic E-state index is 0.0119. The number of nitrogens with zero attached hydrogens (tertiary/aromatic N) is 7. The van der Waals surface area contributed by atoms with Crippen LogP contribution < -0.4 is 20.1 Å². The maximum atomic E-state index is 13.9. The van der Waals surface area contributed by atoms with E-state index in [0.717, 1.165) is 17.3 Å². The molecule has 3 aromatic rings. The van der Waals surface area contributed by atoms with Gasteiger partial charge in [0.25, 0.3) is 23.3 Å². The second-order valence-electron chi connectivity index (χ2n) is 10.5. The summed E-state index contributed by atoms with van der Waals surface area (Å²) in [6.45, 7) is 1.20. The molecule has 2 aliphatic rings. The van der Waals surface area contributed by atoms with Gasteiger partial charge in [-0.05, 0) is 13.0 Å². The molecule has 3 aromatic heterocycles. The zero-order chi connectivity index (χ0) is 32.7. The highest BCUT2D eigenvalue weighted by atomic mass is 19.4. The van der Waals surface area contributed by atoms with E-state index in [1.807, 2.05) is 0 Å². The average molecular weight is 649 g/mol. The number of piperidine rings is 1. The highest BCUT2D eigenvalue weighted by Gasteiger charge is 2.43. The van der Waals surface area contributed by atoms with Crippen LogP contribution in [0.3, 0.4) is 0 Å². The zero-order valence-corrected chi connectivity index (χ0v) is 23.3. The molecular formula is C26H24F8N8O3. The monoisotopic (exact) mass is 648 g/mol. The maximum absolute atomic E-state index is 13.9. The summed E-state index contributed by atoms with van der Waals surface area (Å²) in [5, 5.41) is 5.32. The predicted molar refractivity (Wildman–Crippen MR) is 140 cm³/mol. The van der Waals surface area contributed by atoms with Crippen LogP contribution in [0.25, 0.3) is 0 Å². The summed E-state index contributed by atoms with van der Waals surface area (Å²) in [7, 11) is 0. The Morgan fingerprint density at radius 3 is 2.29 bits per heavy atom. The molecule has 2 fully saturated rings. The molecule has 1 N–H and O–H groups in total. The van der Waals surface area contributed by atoms with Crippen LogP contribution in [0.1, 0.15) is 41.4 Å². The van der Waals surface area contributed by atoms with Crippen LogP contribution in [0.2, 0.25) is 0 Å². The molecule has 5 heterocycles. The molecule has 0 radical (unpaired) electrons. The predicted octanol–water partition coefficient (Wildman–Crippen LogP) is 4.37. The molecule has 0 saturated carbocycles. The molecule has 11 nitrogen and oxygen atoms in total. The van der Waals surface area contributed by atoms with Gasteiger partial charge in [-0.1, -0.05) is 0 Å². The van der Waals surface area contributed by atoms with Crippen LogP contribution in [0, 0.1) is 0 Å². The van der Waals surface area contributed by atoms with Gasteiger partial charge in [0.05, 0.1) is 24.2 Å². The summed E-state index contributed by atoms with van der Waals surface area (Å²) in [5.74, 6) is -4.36. The second kappa shape index (κ2) is 11.7. The van der Waals surface area contributed by atoms with Gasteiger partial charge in [-0.25, -0.2) is 23.8 Å². The number of hydrogen-bond acceptors (Lipinski definition) is 9. The molecule has 45 heavy (non-hydrogen) atoms. The number of ether oxygens (including phenoxy) is 1. The highest BCUT2D eigenvalue weighted by molar-refractivity contribution is 5.94. The van der Waals surface area contributed by atoms with Gasteiger partial charge >= 0.3 is 12.4 Å². The smallest absolute Gasteiger partial charge is 0.434 e. The van der Waals surface area contributed by atoms with Crippen LogP contribution in [0.15, 0.2) is 35.6 Å². The molecule has 2 aliphatic heterocycles. The molecule has 19 heteroatoms. The van der Waals surface area contributed by atoms with Crippen molar-refractivity contribution in [2.75, 3.05) is 42.5 Å². The Balaban J connectivity index is 1.34. The Bertz CT molecular complexity index is 1600. The molecule has 1 atom stereocenters. The number of carbonyl (C=O) groups excluding carboxylic acids is 1. The van der Waals surface area contributed by atoms with Crippen LogP contribution in [-0.4, -0.2) is 80.6 Å². The van der Waals surface area contributed by atoms with E-state index in [2.05, 4.69) is 20.1 Å². The number of aromatic amines is 1. The van der Waals surface area contributed by atoms with Crippen LogP contribution in [0.5, 0.6) is 11.6 Å². The number of anilines is 2. The van der Waals surface area contributed by atoms with Gasteiger partial charge in [0.2, 0.25) is 0 Å². The van der Waals surface area contributed by atoms with Gasteiger partial charge < -0.3 is 19.4 Å². The minimum atomic E-state index is -5.18. The number of amides is 1. The summed E-state index contributed by atoms with van der Waals surface area (Å²) in [6.07, 6.45) is -7.41. The molecule has 0 spiro atoms. The van der Waals surface area contributed by atoms with Gasteiger partial charge in [0, 0.05) is 57.8 Å². The molecule has 2 saturated heterocycles. The number of aromatic nitrogens is 5. The van der Waals surface area contributed by atoms with E-state index >= 15 is 0 Å². The average Bonchev–Trinajstić information content (AvgIpc) is 2.97. The molecule has 0 aromatic carbocycles. The van der Waals surface area contributed by atoms with Gasteiger partial charge in [-0.3, -0.25) is 14.6 Å². The van der Waals surface area contributed by atoms with Crippen LogP contribution in [-0.2, 0) is 12.4 Å². The SMILES string of the molecule is C[C@@H]1CN(C(=O)c2cncc(Oc3n[nH]c(=O)c(C(F)(F)F)c3N3CCC(F)(F)CC3)c2)CCN1c1cnc(C(F)(F)F)cn1. The summed E-state index contributed by atoms with van der Waals surface area (Å²) in [5.41, 5.74) is -5.21. The Kier molecular flexibility index (Phi) is 8.30. The highest BCUT2D eigenvalue weighted by Crippen LogP contribution is 2.42. The molecular weight excluding hydrogens is 624 g/mol. The molecule has 0 aliphatic carbocycles. The third-order valence-corrected chi connectivity index (χ3v) is 7.33. The fraction of sp³-hybridized carbons (Fsp3) is 0.462. The quantitative estimate of drug-likeness (QED) is 0.402. The maximum Gasteiger partial charge on any atom is 0.434 e. The van der Waals surface area contributed by atoms with E-state index in [1.165, 1.54) is 17.2 Å². The summed E-state index contributed by atoms with van der Waals surface area (Å²) in [6, 6.07) is 0.814. The fourth-order valence-electron chi connectivity index (χ4n) is 5.09. The van der Waals surface area contributed by atoms with Crippen molar-refractivity contribution < 1.29 is 44.7 Å².